The third kappa shape index (κ3) is 4.05. The highest BCUT2D eigenvalue weighted by Crippen LogP contribution is 2.48. The Morgan fingerprint density at radius 2 is 2.00 bits per heavy atom. The van der Waals surface area contributed by atoms with Gasteiger partial charge in [-0.1, -0.05) is 6.07 Å². The monoisotopic (exact) mass is 424 g/mol. The van der Waals surface area contributed by atoms with E-state index < -0.39 is 11.8 Å². The number of allylic oxidation sites excluding steroid dienone is 1. The van der Waals surface area contributed by atoms with Crippen molar-refractivity contribution in [2.24, 2.45) is 5.73 Å². The van der Waals surface area contributed by atoms with E-state index in [9.17, 15) is 4.79 Å². The zero-order valence-corrected chi connectivity index (χ0v) is 18.5. The lowest BCUT2D eigenvalue weighted by atomic mass is 9.79. The Kier molecular flexibility index (Phi) is 6.48. The Balaban J connectivity index is 2.29. The van der Waals surface area contributed by atoms with E-state index in [4.69, 9.17) is 25.4 Å². The van der Waals surface area contributed by atoms with Crippen LogP contribution in [0.4, 0.5) is 5.69 Å². The summed E-state index contributed by atoms with van der Waals surface area (Å²) in [6, 6.07) is 5.33. The van der Waals surface area contributed by atoms with Crippen LogP contribution in [0.25, 0.3) is 0 Å². The zero-order valence-electron chi connectivity index (χ0n) is 18.5. The molecular formula is C23H28N4O4. The maximum Gasteiger partial charge on any atom is 0.247 e. The molecule has 31 heavy (non-hydrogen) atoms. The van der Waals surface area contributed by atoms with Crippen LogP contribution in [0.2, 0.25) is 0 Å². The molecule has 1 atom stereocenters. The Hall–Kier alpha value is -3.55. The molecule has 0 fully saturated rings. The van der Waals surface area contributed by atoms with Crippen molar-refractivity contribution in [2.75, 3.05) is 25.6 Å². The average Bonchev–Trinajstić information content (AvgIpc) is 2.74. The van der Waals surface area contributed by atoms with E-state index in [-0.39, 0.29) is 5.90 Å². The molecule has 1 aliphatic heterocycles. The molecule has 0 saturated carbocycles. The number of rotatable bonds is 7. The molecule has 8 nitrogen and oxygen atoms in total. The number of carbonyl (C=O) groups is 1. The largest absolute Gasteiger partial charge is 0.496 e. The van der Waals surface area contributed by atoms with Crippen molar-refractivity contribution in [3.8, 4) is 11.6 Å². The normalized spacial score (nSPS) is 15.1. The number of nitrogens with two attached hydrogens (primary N) is 1. The molecule has 0 aliphatic carbocycles. The summed E-state index contributed by atoms with van der Waals surface area (Å²) in [6.45, 7) is 8.28. The number of fused-ring (bicyclic) bond motifs is 1. The summed E-state index contributed by atoms with van der Waals surface area (Å²) >= 11 is 0. The lowest BCUT2D eigenvalue weighted by Gasteiger charge is -2.32. The highest BCUT2D eigenvalue weighted by atomic mass is 16.5. The van der Waals surface area contributed by atoms with Gasteiger partial charge in [0.05, 0.1) is 37.5 Å². The molecule has 0 radical (unpaired) electrons. The Morgan fingerprint density at radius 3 is 2.61 bits per heavy atom. The predicted octanol–water partition coefficient (Wildman–Crippen LogP) is 3.48. The molecule has 1 aliphatic rings. The Bertz CT molecular complexity index is 1060. The minimum Gasteiger partial charge on any atom is -0.496 e. The number of anilines is 1. The van der Waals surface area contributed by atoms with Crippen LogP contribution in [-0.2, 0) is 9.53 Å². The number of nitrogens with zero attached hydrogens (tertiary/aromatic N) is 1. The van der Waals surface area contributed by atoms with Crippen molar-refractivity contribution in [1.82, 2.24) is 4.98 Å². The highest BCUT2D eigenvalue weighted by Gasteiger charge is 2.37. The van der Waals surface area contributed by atoms with Crippen LogP contribution in [0.15, 0.2) is 35.7 Å². The van der Waals surface area contributed by atoms with Gasteiger partial charge < -0.3 is 25.3 Å². The van der Waals surface area contributed by atoms with Gasteiger partial charge in [-0.3, -0.25) is 10.2 Å². The third-order valence-electron chi connectivity index (χ3n) is 5.21. The van der Waals surface area contributed by atoms with Crippen molar-refractivity contribution < 1.29 is 19.0 Å². The number of aryl methyl sites for hydroxylation is 1. The summed E-state index contributed by atoms with van der Waals surface area (Å²) < 4.78 is 16.8. The topological polar surface area (TPSA) is 120 Å². The van der Waals surface area contributed by atoms with E-state index in [1.165, 1.54) is 0 Å². The number of primary amides is 1. The quantitative estimate of drug-likeness (QED) is 0.462. The first-order chi connectivity index (χ1) is 14.8. The van der Waals surface area contributed by atoms with E-state index in [1.807, 2.05) is 33.8 Å². The zero-order chi connectivity index (χ0) is 22.7. The summed E-state index contributed by atoms with van der Waals surface area (Å²) in [5, 5.41) is 11.4. The van der Waals surface area contributed by atoms with E-state index in [2.05, 4.69) is 10.3 Å². The van der Waals surface area contributed by atoms with Crippen molar-refractivity contribution in [3.63, 3.8) is 0 Å². The van der Waals surface area contributed by atoms with Crippen LogP contribution < -0.4 is 20.5 Å². The van der Waals surface area contributed by atoms with Crippen LogP contribution in [-0.4, -0.2) is 37.1 Å². The molecule has 2 aromatic rings. The van der Waals surface area contributed by atoms with Gasteiger partial charge in [-0.2, -0.15) is 0 Å². The summed E-state index contributed by atoms with van der Waals surface area (Å²) in [4.78, 5) is 17.0. The first-order valence-electron chi connectivity index (χ1n) is 10.1. The summed E-state index contributed by atoms with van der Waals surface area (Å²) in [5.74, 6) is -0.103. The van der Waals surface area contributed by atoms with Crippen molar-refractivity contribution in [2.45, 2.75) is 33.6 Å². The van der Waals surface area contributed by atoms with Crippen molar-refractivity contribution in [1.29, 1.82) is 5.41 Å². The number of carbonyl (C=O) groups excluding carboxylic acids is 1. The van der Waals surface area contributed by atoms with E-state index in [0.717, 1.165) is 22.4 Å². The second kappa shape index (κ2) is 9.07. The molecule has 0 spiro atoms. The number of amides is 1. The maximum absolute atomic E-state index is 12.5. The number of hydrogen-bond donors (Lipinski definition) is 3. The molecule has 4 N–H and O–H groups in total. The predicted molar refractivity (Wildman–Crippen MR) is 119 cm³/mol. The molecule has 1 aromatic carbocycles. The van der Waals surface area contributed by atoms with Crippen molar-refractivity contribution in [3.05, 3.63) is 57.9 Å². The molecule has 1 amide bonds. The fraction of sp³-hybridized carbons (Fsp3) is 0.348. The molecule has 2 heterocycles. The van der Waals surface area contributed by atoms with Gasteiger partial charge in [0.15, 0.2) is 0 Å². The average molecular weight is 425 g/mol. The van der Waals surface area contributed by atoms with Gasteiger partial charge in [0.25, 0.3) is 0 Å². The van der Waals surface area contributed by atoms with Crippen LogP contribution in [0.3, 0.4) is 0 Å². The first kappa shape index (κ1) is 22.1. The molecule has 0 bridgehead atoms. The Labute approximate surface area is 181 Å². The van der Waals surface area contributed by atoms with Gasteiger partial charge in [0.2, 0.25) is 17.7 Å². The SMILES string of the molecule is CCOC(=N)c1ccc([C@@H]2C(C(N)=O)=C(C)Nc3c(C)cnc(OCC)c32)c(OC)c1. The molecule has 164 valence electrons. The first-order valence-corrected chi connectivity index (χ1v) is 10.1. The van der Waals surface area contributed by atoms with Gasteiger partial charge in [0.1, 0.15) is 5.75 Å². The molecular weight excluding hydrogens is 396 g/mol. The van der Waals surface area contributed by atoms with Gasteiger partial charge in [-0.25, -0.2) is 4.98 Å². The summed E-state index contributed by atoms with van der Waals surface area (Å²) in [6.07, 6.45) is 1.74. The van der Waals surface area contributed by atoms with E-state index in [0.29, 0.717) is 41.7 Å². The molecule has 8 heteroatoms. The maximum atomic E-state index is 12.5. The van der Waals surface area contributed by atoms with Gasteiger partial charge >= 0.3 is 0 Å². The second-order valence-electron chi connectivity index (χ2n) is 7.15. The van der Waals surface area contributed by atoms with Gasteiger partial charge in [0, 0.05) is 28.6 Å². The van der Waals surface area contributed by atoms with Crippen LogP contribution in [0, 0.1) is 12.3 Å². The number of benzene rings is 1. The van der Waals surface area contributed by atoms with Gasteiger partial charge in [-0.05, 0) is 45.4 Å². The number of aromatic nitrogens is 1. The summed E-state index contributed by atoms with van der Waals surface area (Å²) in [7, 11) is 1.55. The number of ether oxygens (including phenoxy) is 3. The van der Waals surface area contributed by atoms with Gasteiger partial charge in [-0.15, -0.1) is 0 Å². The smallest absolute Gasteiger partial charge is 0.247 e. The second-order valence-corrected chi connectivity index (χ2v) is 7.15. The number of nitrogens with one attached hydrogen (secondary N) is 2. The Morgan fingerprint density at radius 1 is 1.26 bits per heavy atom. The molecule has 3 rings (SSSR count). The molecule has 0 unspecified atom stereocenters. The van der Waals surface area contributed by atoms with Crippen molar-refractivity contribution >= 4 is 17.5 Å². The minimum atomic E-state index is -0.548. The fourth-order valence-electron chi connectivity index (χ4n) is 3.87. The third-order valence-corrected chi connectivity index (χ3v) is 5.21. The van der Waals surface area contributed by atoms with Crippen LogP contribution >= 0.6 is 0 Å². The fourth-order valence-corrected chi connectivity index (χ4v) is 3.87. The lowest BCUT2D eigenvalue weighted by Crippen LogP contribution is -2.28. The van der Waals surface area contributed by atoms with Crippen LogP contribution in [0.5, 0.6) is 11.6 Å². The number of pyridine rings is 1. The van der Waals surface area contributed by atoms with E-state index in [1.54, 1.807) is 25.4 Å². The van der Waals surface area contributed by atoms with Crippen LogP contribution in [0.1, 0.15) is 48.9 Å². The number of methoxy groups -OCH3 is 1. The van der Waals surface area contributed by atoms with E-state index >= 15 is 0 Å². The minimum absolute atomic E-state index is 0.0485. The molecule has 0 saturated heterocycles. The highest BCUT2D eigenvalue weighted by molar-refractivity contribution is 5.98. The number of hydrogen-bond acceptors (Lipinski definition) is 7. The summed E-state index contributed by atoms with van der Waals surface area (Å²) in [5.41, 5.74) is 10.7. The lowest BCUT2D eigenvalue weighted by molar-refractivity contribution is -0.114. The standard InChI is InChI=1S/C23H28N4O4/c1-6-30-22(25)14-8-9-15(16(10-14)29-5)18-17(21(24)28)13(4)27-20-12(3)11-26-23(19(18)20)31-7-2/h8-11,18,25,27H,6-7H2,1-5H3,(H2,24,28)/t18-/m1/s1. The molecule has 1 aromatic heterocycles.